The number of hydrogen-bond acceptors (Lipinski definition) is 2. The highest BCUT2D eigenvalue weighted by atomic mass is 16.3. The van der Waals surface area contributed by atoms with Crippen LogP contribution < -0.4 is 0 Å². The van der Waals surface area contributed by atoms with E-state index < -0.39 is 0 Å². The summed E-state index contributed by atoms with van der Waals surface area (Å²) in [6.07, 6.45) is 11.3. The Kier molecular flexibility index (Phi) is 4.37. The van der Waals surface area contributed by atoms with Crippen molar-refractivity contribution in [3.05, 3.63) is 35.5 Å². The van der Waals surface area contributed by atoms with Crippen LogP contribution in [0.4, 0.5) is 0 Å². The molecule has 1 saturated heterocycles. The largest absolute Gasteiger partial charge is 0.392 e. The highest BCUT2D eigenvalue weighted by Crippen LogP contribution is 2.21. The molecule has 2 aliphatic rings. The Hall–Kier alpha value is -1.35. The van der Waals surface area contributed by atoms with Crippen LogP contribution in [-0.2, 0) is 4.79 Å². The average molecular weight is 247 g/mol. The first-order chi connectivity index (χ1) is 8.70. The Morgan fingerprint density at radius 3 is 3.06 bits per heavy atom. The second-order valence-corrected chi connectivity index (χ2v) is 5.09. The molecule has 3 heteroatoms. The fourth-order valence-corrected chi connectivity index (χ4v) is 2.58. The Balaban J connectivity index is 2.02. The van der Waals surface area contributed by atoms with Crippen LogP contribution in [0.3, 0.4) is 0 Å². The minimum absolute atomic E-state index is 0.0655. The van der Waals surface area contributed by atoms with Gasteiger partial charge in [-0.25, -0.2) is 0 Å². The fraction of sp³-hybridized carbons (Fsp3) is 0.533. The van der Waals surface area contributed by atoms with Gasteiger partial charge in [0.2, 0.25) is 5.91 Å². The number of nitrogens with zero attached hydrogens (tertiary/aromatic N) is 1. The van der Waals surface area contributed by atoms with Crippen molar-refractivity contribution < 1.29 is 9.90 Å². The molecule has 0 aromatic heterocycles. The first-order valence-corrected chi connectivity index (χ1v) is 6.66. The number of aliphatic hydroxyl groups excluding tert-OH is 1. The molecule has 1 aliphatic carbocycles. The molecule has 1 N–H and O–H groups in total. The number of rotatable bonds is 3. The van der Waals surface area contributed by atoms with Crippen LogP contribution in [0.5, 0.6) is 0 Å². The molecule has 0 spiro atoms. The van der Waals surface area contributed by atoms with Crippen LogP contribution in [-0.4, -0.2) is 35.1 Å². The lowest BCUT2D eigenvalue weighted by molar-refractivity contribution is -0.130. The summed E-state index contributed by atoms with van der Waals surface area (Å²) in [7, 11) is 0. The van der Waals surface area contributed by atoms with Gasteiger partial charge in [0, 0.05) is 12.6 Å². The van der Waals surface area contributed by atoms with Gasteiger partial charge in [-0.05, 0) is 37.3 Å². The van der Waals surface area contributed by atoms with E-state index in [1.165, 1.54) is 0 Å². The monoisotopic (exact) mass is 247 g/mol. The molecule has 0 radical (unpaired) electrons. The van der Waals surface area contributed by atoms with Crippen molar-refractivity contribution in [2.45, 2.75) is 38.6 Å². The summed E-state index contributed by atoms with van der Waals surface area (Å²) in [4.78, 5) is 14.2. The zero-order valence-electron chi connectivity index (χ0n) is 10.9. The number of hydrogen-bond donors (Lipinski definition) is 1. The highest BCUT2D eigenvalue weighted by Gasteiger charge is 2.25. The van der Waals surface area contributed by atoms with Gasteiger partial charge in [-0.15, -0.1) is 0 Å². The van der Waals surface area contributed by atoms with Gasteiger partial charge in [0.1, 0.15) is 0 Å². The number of likely N-dealkylation sites (tertiary alicyclic amines) is 1. The van der Waals surface area contributed by atoms with Gasteiger partial charge in [0.25, 0.3) is 0 Å². The number of allylic oxidation sites excluding steroid dienone is 4. The van der Waals surface area contributed by atoms with Gasteiger partial charge >= 0.3 is 0 Å². The van der Waals surface area contributed by atoms with E-state index >= 15 is 0 Å². The van der Waals surface area contributed by atoms with E-state index in [2.05, 4.69) is 6.92 Å². The van der Waals surface area contributed by atoms with Crippen molar-refractivity contribution >= 4 is 5.91 Å². The number of carbonyl (C=O) groups is 1. The lowest BCUT2D eigenvalue weighted by atomic mass is 10.1. The van der Waals surface area contributed by atoms with Crippen LogP contribution >= 0.6 is 0 Å². The van der Waals surface area contributed by atoms with Crippen LogP contribution in [0.25, 0.3) is 0 Å². The maximum absolute atomic E-state index is 12.2. The maximum atomic E-state index is 12.2. The number of carbonyl (C=O) groups excluding carboxylic acids is 1. The van der Waals surface area contributed by atoms with Gasteiger partial charge in [-0.2, -0.15) is 0 Å². The summed E-state index contributed by atoms with van der Waals surface area (Å²) in [6, 6.07) is 0.376. The van der Waals surface area contributed by atoms with Crippen LogP contribution in [0.1, 0.15) is 32.6 Å². The lowest BCUT2D eigenvalue weighted by Crippen LogP contribution is -2.33. The summed E-state index contributed by atoms with van der Waals surface area (Å²) in [5, 5.41) is 9.20. The Bertz CT molecular complexity index is 407. The summed E-state index contributed by atoms with van der Waals surface area (Å²) in [5.41, 5.74) is 1.97. The fourth-order valence-electron chi connectivity index (χ4n) is 2.58. The van der Waals surface area contributed by atoms with E-state index in [0.29, 0.717) is 12.5 Å². The van der Waals surface area contributed by atoms with Crippen molar-refractivity contribution in [3.8, 4) is 0 Å². The summed E-state index contributed by atoms with van der Waals surface area (Å²) in [5.74, 6) is 0.204. The smallest absolute Gasteiger partial charge is 0.227 e. The Labute approximate surface area is 108 Å². The molecular formula is C15H21NO2. The Morgan fingerprint density at radius 1 is 1.56 bits per heavy atom. The minimum atomic E-state index is 0.0655. The normalized spacial score (nSPS) is 23.7. The molecule has 1 atom stereocenters. The molecule has 18 heavy (non-hydrogen) atoms. The topological polar surface area (TPSA) is 40.5 Å². The molecule has 1 heterocycles. The molecule has 0 bridgehead atoms. The molecule has 0 aromatic rings. The van der Waals surface area contributed by atoms with E-state index in [0.717, 1.165) is 37.0 Å². The Morgan fingerprint density at radius 2 is 2.39 bits per heavy atom. The third-order valence-electron chi connectivity index (χ3n) is 3.65. The summed E-state index contributed by atoms with van der Waals surface area (Å²) < 4.78 is 0. The first kappa shape index (κ1) is 13.1. The predicted octanol–water partition coefficient (Wildman–Crippen LogP) is 2.19. The van der Waals surface area contributed by atoms with Gasteiger partial charge in [-0.1, -0.05) is 24.3 Å². The molecule has 1 fully saturated rings. The van der Waals surface area contributed by atoms with Gasteiger partial charge in [0.15, 0.2) is 0 Å². The van der Waals surface area contributed by atoms with Crippen molar-refractivity contribution in [2.75, 3.05) is 13.2 Å². The summed E-state index contributed by atoms with van der Waals surface area (Å²) >= 11 is 0. The number of amides is 1. The quantitative estimate of drug-likeness (QED) is 0.830. The third kappa shape index (κ3) is 3.10. The standard InChI is InChI=1S/C15H21NO2/c1-12-5-4-8-16(12)15(18)10-13-6-2-3-7-14(9-13)11-17/h2-3,6,9,12,17H,4-5,7-8,10-11H2,1H3. The second-order valence-electron chi connectivity index (χ2n) is 5.09. The second kappa shape index (κ2) is 6.01. The molecular weight excluding hydrogens is 226 g/mol. The average Bonchev–Trinajstić information content (AvgIpc) is 2.66. The van der Waals surface area contributed by atoms with Crippen molar-refractivity contribution in [3.63, 3.8) is 0 Å². The zero-order valence-corrected chi connectivity index (χ0v) is 10.9. The van der Waals surface area contributed by atoms with E-state index in [4.69, 9.17) is 0 Å². The van der Waals surface area contributed by atoms with Crippen molar-refractivity contribution in [1.29, 1.82) is 0 Å². The molecule has 1 amide bonds. The van der Waals surface area contributed by atoms with Crippen LogP contribution in [0.15, 0.2) is 35.5 Å². The first-order valence-electron chi connectivity index (χ1n) is 6.66. The molecule has 0 saturated carbocycles. The SMILES string of the molecule is CC1CCCN1C(=O)CC1=CC=CCC(CO)=C1. The van der Waals surface area contributed by atoms with Crippen LogP contribution in [0.2, 0.25) is 0 Å². The zero-order chi connectivity index (χ0) is 13.0. The predicted molar refractivity (Wildman–Crippen MR) is 72.0 cm³/mol. The molecule has 98 valence electrons. The molecule has 0 aromatic carbocycles. The van der Waals surface area contributed by atoms with Gasteiger partial charge in [0.05, 0.1) is 13.0 Å². The summed E-state index contributed by atoms with van der Waals surface area (Å²) in [6.45, 7) is 3.07. The van der Waals surface area contributed by atoms with Gasteiger partial charge < -0.3 is 10.0 Å². The highest BCUT2D eigenvalue weighted by molar-refractivity contribution is 5.80. The molecule has 1 unspecified atom stereocenters. The number of aliphatic hydroxyl groups is 1. The molecule has 3 nitrogen and oxygen atoms in total. The maximum Gasteiger partial charge on any atom is 0.227 e. The van der Waals surface area contributed by atoms with E-state index in [-0.39, 0.29) is 12.5 Å². The van der Waals surface area contributed by atoms with Gasteiger partial charge in [-0.3, -0.25) is 4.79 Å². The van der Waals surface area contributed by atoms with E-state index in [1.807, 2.05) is 29.2 Å². The van der Waals surface area contributed by atoms with E-state index in [1.54, 1.807) is 0 Å². The van der Waals surface area contributed by atoms with Crippen LogP contribution in [0, 0.1) is 0 Å². The minimum Gasteiger partial charge on any atom is -0.392 e. The lowest BCUT2D eigenvalue weighted by Gasteiger charge is -2.21. The van der Waals surface area contributed by atoms with Crippen molar-refractivity contribution in [1.82, 2.24) is 4.90 Å². The molecule has 2 rings (SSSR count). The van der Waals surface area contributed by atoms with E-state index in [9.17, 15) is 9.90 Å². The third-order valence-corrected chi connectivity index (χ3v) is 3.65. The molecule has 1 aliphatic heterocycles. The van der Waals surface area contributed by atoms with Crippen molar-refractivity contribution in [2.24, 2.45) is 0 Å².